The first-order valence-corrected chi connectivity index (χ1v) is 9.82. The molecule has 2 aromatic carbocycles. The van der Waals surface area contributed by atoms with Gasteiger partial charge in [-0.15, -0.1) is 0 Å². The summed E-state index contributed by atoms with van der Waals surface area (Å²) in [4.78, 5) is 13.0. The van der Waals surface area contributed by atoms with Gasteiger partial charge in [0.25, 0.3) is 0 Å². The molecular weight excluding hydrogens is 370 g/mol. The van der Waals surface area contributed by atoms with Crippen molar-refractivity contribution in [1.82, 2.24) is 0 Å². The molecule has 0 aliphatic rings. The standard InChI is InChI=1S/C21H27O5P.Li/c1-7-14(3)26-15-8-9-19(13(2)10-15)27-21(22)20-17(24-5)11-16(23-4)12-18(20)25-6;/h8-12,14,27H,7H2,1-6H3;. The van der Waals surface area contributed by atoms with Gasteiger partial charge >= 0.3 is 0 Å². The van der Waals surface area contributed by atoms with E-state index in [4.69, 9.17) is 18.9 Å². The van der Waals surface area contributed by atoms with Gasteiger partial charge in [-0.2, -0.15) is 0 Å². The van der Waals surface area contributed by atoms with Gasteiger partial charge in [-0.25, -0.2) is 0 Å². The Hall–Kier alpha value is -1.66. The number of benzene rings is 2. The van der Waals surface area contributed by atoms with Crippen molar-refractivity contribution in [3.63, 3.8) is 0 Å². The van der Waals surface area contributed by atoms with Crippen LogP contribution in [0.3, 0.4) is 0 Å². The van der Waals surface area contributed by atoms with E-state index in [1.165, 1.54) is 14.2 Å². The van der Waals surface area contributed by atoms with E-state index in [9.17, 15) is 4.79 Å². The van der Waals surface area contributed by atoms with Gasteiger partial charge in [-0.1, -0.05) is 13.0 Å². The largest absolute Gasteiger partial charge is 0.496 e. The first-order chi connectivity index (χ1) is 12.9. The second-order valence-electron chi connectivity index (χ2n) is 6.17. The molecule has 0 amide bonds. The summed E-state index contributed by atoms with van der Waals surface area (Å²) >= 11 is 0. The zero-order valence-electron chi connectivity index (χ0n) is 17.7. The molecule has 0 N–H and O–H groups in total. The fourth-order valence-electron chi connectivity index (χ4n) is 2.58. The van der Waals surface area contributed by atoms with E-state index in [1.807, 2.05) is 32.0 Å². The smallest absolute Gasteiger partial charge is 0.193 e. The summed E-state index contributed by atoms with van der Waals surface area (Å²) < 4.78 is 21.9. The molecule has 147 valence electrons. The van der Waals surface area contributed by atoms with Gasteiger partial charge < -0.3 is 18.9 Å². The van der Waals surface area contributed by atoms with Crippen molar-refractivity contribution >= 4 is 38.3 Å². The number of carbonyl (C=O) groups is 1. The summed E-state index contributed by atoms with van der Waals surface area (Å²) in [5.74, 6) is 2.28. The average Bonchev–Trinajstić information content (AvgIpc) is 2.68. The van der Waals surface area contributed by atoms with Crippen LogP contribution in [0.15, 0.2) is 30.3 Å². The van der Waals surface area contributed by atoms with Gasteiger partial charge in [0.1, 0.15) is 28.6 Å². The SMILES string of the molecule is CCC(C)Oc1ccc(PC(=O)c2c(OC)cc(OC)cc2OC)c(C)c1.[Li]. The van der Waals surface area contributed by atoms with Crippen LogP contribution in [-0.2, 0) is 0 Å². The first-order valence-electron chi connectivity index (χ1n) is 8.82. The molecule has 7 heteroatoms. The van der Waals surface area contributed by atoms with E-state index in [1.54, 1.807) is 19.2 Å². The van der Waals surface area contributed by atoms with Crippen LogP contribution in [0, 0.1) is 6.92 Å². The molecule has 2 rings (SSSR count). The van der Waals surface area contributed by atoms with Crippen LogP contribution in [0.25, 0.3) is 0 Å². The molecule has 0 saturated carbocycles. The molecule has 0 aromatic heterocycles. The molecule has 0 aliphatic heterocycles. The Bertz CT molecular complexity index is 784. The third-order valence-corrected chi connectivity index (χ3v) is 5.61. The molecule has 0 spiro atoms. The maximum absolute atomic E-state index is 13.0. The zero-order chi connectivity index (χ0) is 20.0. The Morgan fingerprint density at radius 3 is 2.07 bits per heavy atom. The number of methoxy groups -OCH3 is 3. The second-order valence-corrected chi connectivity index (χ2v) is 7.42. The molecule has 1 radical (unpaired) electrons. The predicted octanol–water partition coefficient (Wildman–Crippen LogP) is 3.96. The average molecular weight is 397 g/mol. The topological polar surface area (TPSA) is 54.0 Å². The maximum Gasteiger partial charge on any atom is 0.193 e. The summed E-state index contributed by atoms with van der Waals surface area (Å²) in [6, 6.07) is 9.22. The van der Waals surface area contributed by atoms with Crippen molar-refractivity contribution in [2.45, 2.75) is 33.3 Å². The number of ether oxygens (including phenoxy) is 4. The Labute approximate surface area is 181 Å². The molecule has 0 saturated heterocycles. The van der Waals surface area contributed by atoms with Crippen molar-refractivity contribution < 1.29 is 23.7 Å². The number of aryl methyl sites for hydroxylation is 1. The zero-order valence-corrected chi connectivity index (χ0v) is 18.7. The minimum atomic E-state index is -0.0519. The van der Waals surface area contributed by atoms with Crippen LogP contribution >= 0.6 is 8.58 Å². The van der Waals surface area contributed by atoms with E-state index in [0.717, 1.165) is 23.0 Å². The van der Waals surface area contributed by atoms with Gasteiger partial charge in [-0.3, -0.25) is 4.79 Å². The van der Waals surface area contributed by atoms with Gasteiger partial charge in [0.05, 0.1) is 27.4 Å². The van der Waals surface area contributed by atoms with Crippen molar-refractivity contribution in [3.05, 3.63) is 41.5 Å². The van der Waals surface area contributed by atoms with Gasteiger partial charge in [0, 0.05) is 31.0 Å². The number of rotatable bonds is 9. The van der Waals surface area contributed by atoms with E-state index < -0.39 is 0 Å². The fourth-order valence-corrected chi connectivity index (χ4v) is 3.63. The quantitative estimate of drug-likeness (QED) is 0.474. The summed E-state index contributed by atoms with van der Waals surface area (Å²) in [6.45, 7) is 6.11. The van der Waals surface area contributed by atoms with Crippen LogP contribution in [0.2, 0.25) is 0 Å². The Kier molecular flexibility index (Phi) is 9.89. The van der Waals surface area contributed by atoms with Crippen molar-refractivity contribution in [3.8, 4) is 23.0 Å². The molecule has 2 aromatic rings. The minimum Gasteiger partial charge on any atom is -0.496 e. The first kappa shape index (κ1) is 24.4. The van der Waals surface area contributed by atoms with E-state index >= 15 is 0 Å². The number of hydrogen-bond donors (Lipinski definition) is 0. The van der Waals surface area contributed by atoms with E-state index in [2.05, 4.69) is 6.92 Å². The number of carbonyl (C=O) groups excluding carboxylic acids is 1. The van der Waals surface area contributed by atoms with Gasteiger partial charge in [0.15, 0.2) is 5.52 Å². The van der Waals surface area contributed by atoms with Crippen LogP contribution in [-0.4, -0.2) is 51.8 Å². The summed E-state index contributed by atoms with van der Waals surface area (Å²) in [6.07, 6.45) is 1.10. The van der Waals surface area contributed by atoms with E-state index in [-0.39, 0.29) is 39.1 Å². The van der Waals surface area contributed by atoms with Crippen molar-refractivity contribution in [2.75, 3.05) is 21.3 Å². The van der Waals surface area contributed by atoms with Gasteiger partial charge in [-0.05, 0) is 51.8 Å². The third kappa shape index (κ3) is 5.92. The van der Waals surface area contributed by atoms with Gasteiger partial charge in [0.2, 0.25) is 0 Å². The number of hydrogen-bond acceptors (Lipinski definition) is 5. The van der Waals surface area contributed by atoms with E-state index in [0.29, 0.717) is 22.8 Å². The molecule has 0 aliphatic carbocycles. The monoisotopic (exact) mass is 397 g/mol. The van der Waals surface area contributed by atoms with Crippen LogP contribution in [0.5, 0.6) is 23.0 Å². The molecule has 5 nitrogen and oxygen atoms in total. The Morgan fingerprint density at radius 2 is 1.61 bits per heavy atom. The molecule has 2 unspecified atom stereocenters. The molecular formula is C21H27LiO5P. The second kappa shape index (κ2) is 11.4. The molecule has 0 heterocycles. The van der Waals surface area contributed by atoms with Crippen molar-refractivity contribution in [1.29, 1.82) is 0 Å². The normalized spacial score (nSPS) is 11.6. The minimum absolute atomic E-state index is 0. The third-order valence-electron chi connectivity index (χ3n) is 4.30. The fraction of sp³-hybridized carbons (Fsp3) is 0.381. The molecule has 0 bridgehead atoms. The molecule has 28 heavy (non-hydrogen) atoms. The Morgan fingerprint density at radius 1 is 1.00 bits per heavy atom. The summed E-state index contributed by atoms with van der Waals surface area (Å²) in [5.41, 5.74) is 1.40. The van der Waals surface area contributed by atoms with Crippen LogP contribution < -0.4 is 24.3 Å². The summed E-state index contributed by atoms with van der Waals surface area (Å²) in [5, 5.41) is 0.969. The molecule has 2 atom stereocenters. The molecule has 0 fully saturated rings. The summed E-state index contributed by atoms with van der Waals surface area (Å²) in [7, 11) is 4.56. The predicted molar refractivity (Wildman–Crippen MR) is 116 cm³/mol. The van der Waals surface area contributed by atoms with Crippen LogP contribution in [0.1, 0.15) is 36.2 Å². The van der Waals surface area contributed by atoms with Crippen molar-refractivity contribution in [2.24, 2.45) is 0 Å². The van der Waals surface area contributed by atoms with Crippen LogP contribution in [0.4, 0.5) is 0 Å². The Balaban J connectivity index is 0.00000392. The maximum atomic E-state index is 13.0.